The van der Waals surface area contributed by atoms with Gasteiger partial charge in [-0.15, -0.1) is 0 Å². The number of carbonyl (C=O) groups excluding carboxylic acids is 1. The maximum absolute atomic E-state index is 12.7. The van der Waals surface area contributed by atoms with Crippen LogP contribution in [0.15, 0.2) is 18.2 Å². The van der Waals surface area contributed by atoms with Gasteiger partial charge in [0.25, 0.3) is 0 Å². The van der Waals surface area contributed by atoms with Crippen LogP contribution in [-0.4, -0.2) is 30.6 Å². The fourth-order valence-electron chi connectivity index (χ4n) is 3.96. The molecule has 1 atom stereocenters. The summed E-state index contributed by atoms with van der Waals surface area (Å²) >= 11 is 0. The van der Waals surface area contributed by atoms with Crippen molar-refractivity contribution in [1.29, 1.82) is 0 Å². The van der Waals surface area contributed by atoms with Crippen LogP contribution in [0.5, 0.6) is 11.5 Å². The number of carbonyl (C=O) groups is 1. The molecule has 2 saturated carbocycles. The number of benzene rings is 1. The number of hydrogen-bond donors (Lipinski definition) is 0. The van der Waals surface area contributed by atoms with Gasteiger partial charge in [-0.05, 0) is 49.3 Å². The maximum atomic E-state index is 12.7. The minimum Gasteiger partial charge on any atom is -0.486 e. The van der Waals surface area contributed by atoms with Crippen LogP contribution in [0.25, 0.3) is 0 Å². The van der Waals surface area contributed by atoms with E-state index in [1.165, 1.54) is 5.56 Å². The molecule has 0 spiro atoms. The molecule has 4 heteroatoms. The number of likely N-dealkylation sites (tertiary alicyclic amines) is 1. The summed E-state index contributed by atoms with van der Waals surface area (Å²) in [7, 11) is 0. The third-order valence-electron chi connectivity index (χ3n) is 5.57. The second-order valence-electron chi connectivity index (χ2n) is 6.82. The van der Waals surface area contributed by atoms with E-state index in [9.17, 15) is 4.79 Å². The molecule has 0 aromatic heterocycles. The lowest BCUT2D eigenvalue weighted by Gasteiger charge is -2.28. The molecule has 3 fully saturated rings. The fourth-order valence-corrected chi connectivity index (χ4v) is 3.96. The second-order valence-corrected chi connectivity index (χ2v) is 6.82. The van der Waals surface area contributed by atoms with Gasteiger partial charge in [0.1, 0.15) is 13.2 Å². The van der Waals surface area contributed by atoms with Crippen molar-refractivity contribution >= 4 is 5.91 Å². The lowest BCUT2D eigenvalue weighted by atomic mass is 10.0. The van der Waals surface area contributed by atoms with E-state index in [1.54, 1.807) is 0 Å². The number of fused-ring (bicyclic) bond motifs is 2. The van der Waals surface area contributed by atoms with Gasteiger partial charge in [0.15, 0.2) is 11.5 Å². The number of rotatable bonds is 2. The molecule has 0 bridgehead atoms. The fraction of sp³-hybridized carbons (Fsp3) is 0.588. The van der Waals surface area contributed by atoms with Gasteiger partial charge in [0.05, 0.1) is 11.5 Å². The van der Waals surface area contributed by atoms with Crippen LogP contribution < -0.4 is 9.47 Å². The highest BCUT2D eigenvalue weighted by Gasteiger charge is 2.75. The van der Waals surface area contributed by atoms with Crippen LogP contribution in [0.3, 0.4) is 0 Å². The Morgan fingerprint density at radius 2 is 1.95 bits per heavy atom. The van der Waals surface area contributed by atoms with Crippen LogP contribution in [0.4, 0.5) is 0 Å². The van der Waals surface area contributed by atoms with Crippen molar-refractivity contribution in [2.75, 3.05) is 19.8 Å². The van der Waals surface area contributed by atoms with Crippen molar-refractivity contribution in [3.05, 3.63) is 23.8 Å². The lowest BCUT2D eigenvalue weighted by molar-refractivity contribution is -0.135. The van der Waals surface area contributed by atoms with Crippen molar-refractivity contribution in [3.63, 3.8) is 0 Å². The second kappa shape index (κ2) is 3.93. The van der Waals surface area contributed by atoms with Crippen molar-refractivity contribution in [2.24, 2.45) is 11.3 Å². The van der Waals surface area contributed by atoms with E-state index in [0.29, 0.717) is 25.0 Å². The van der Waals surface area contributed by atoms with Crippen LogP contribution in [0.1, 0.15) is 37.3 Å². The molecule has 0 N–H and O–H groups in total. The predicted octanol–water partition coefficient (Wildman–Crippen LogP) is 2.53. The van der Waals surface area contributed by atoms with Gasteiger partial charge in [-0.1, -0.05) is 6.07 Å². The van der Waals surface area contributed by atoms with Crippen molar-refractivity contribution < 1.29 is 14.3 Å². The van der Waals surface area contributed by atoms with Crippen molar-refractivity contribution in [2.45, 2.75) is 31.7 Å². The molecular weight excluding hydrogens is 266 g/mol. The Morgan fingerprint density at radius 1 is 1.19 bits per heavy atom. The standard InChI is InChI=1S/C17H19NO3/c19-16(17-9-12(17)10-17)18-5-1-2-13(18)11-3-4-14-15(8-11)21-7-6-20-14/h3-4,8,12-13H,1-2,5-7,9-10H2. The van der Waals surface area contributed by atoms with E-state index >= 15 is 0 Å². The Bertz CT molecular complexity index is 620. The number of hydrogen-bond acceptors (Lipinski definition) is 3. The highest BCUT2D eigenvalue weighted by atomic mass is 16.6. The summed E-state index contributed by atoms with van der Waals surface area (Å²) in [5, 5.41) is 0. The van der Waals surface area contributed by atoms with Crippen molar-refractivity contribution in [3.8, 4) is 11.5 Å². The molecule has 2 aliphatic carbocycles. The Labute approximate surface area is 124 Å². The van der Waals surface area contributed by atoms with Gasteiger partial charge in [-0.25, -0.2) is 0 Å². The van der Waals surface area contributed by atoms with E-state index in [1.807, 2.05) is 6.07 Å². The quantitative estimate of drug-likeness (QED) is 0.838. The van der Waals surface area contributed by atoms with E-state index < -0.39 is 0 Å². The lowest BCUT2D eigenvalue weighted by Crippen LogP contribution is -2.34. The molecule has 5 rings (SSSR count). The van der Waals surface area contributed by atoms with Crippen molar-refractivity contribution in [1.82, 2.24) is 4.90 Å². The molecule has 4 aliphatic rings. The topological polar surface area (TPSA) is 38.8 Å². The zero-order valence-corrected chi connectivity index (χ0v) is 12.0. The van der Waals surface area contributed by atoms with Crippen LogP contribution in [-0.2, 0) is 4.79 Å². The van der Waals surface area contributed by atoms with Gasteiger partial charge >= 0.3 is 0 Å². The van der Waals surface area contributed by atoms with Crippen LogP contribution >= 0.6 is 0 Å². The highest BCUT2D eigenvalue weighted by molar-refractivity contribution is 5.90. The van der Waals surface area contributed by atoms with Gasteiger partial charge < -0.3 is 14.4 Å². The first-order valence-electron chi connectivity index (χ1n) is 7.98. The highest BCUT2D eigenvalue weighted by Crippen LogP contribution is 2.76. The Hall–Kier alpha value is -1.71. The van der Waals surface area contributed by atoms with Gasteiger partial charge in [0.2, 0.25) is 5.91 Å². The molecular formula is C17H19NO3. The Morgan fingerprint density at radius 3 is 2.71 bits per heavy atom. The van der Waals surface area contributed by atoms with Gasteiger partial charge in [0, 0.05) is 6.54 Å². The van der Waals surface area contributed by atoms with Crippen LogP contribution in [0.2, 0.25) is 0 Å². The van der Waals surface area contributed by atoms with E-state index in [0.717, 1.165) is 43.7 Å². The summed E-state index contributed by atoms with van der Waals surface area (Å²) in [6.07, 6.45) is 4.43. The molecule has 4 nitrogen and oxygen atoms in total. The average molecular weight is 285 g/mol. The summed E-state index contributed by atoms with van der Waals surface area (Å²) in [4.78, 5) is 14.8. The number of nitrogens with zero attached hydrogens (tertiary/aromatic N) is 1. The minimum atomic E-state index is 0.0798. The van der Waals surface area contributed by atoms with E-state index in [-0.39, 0.29) is 11.5 Å². The molecule has 1 aromatic carbocycles. The number of ether oxygens (including phenoxy) is 2. The average Bonchev–Trinajstić information content (AvgIpc) is 3.32. The molecule has 1 amide bonds. The summed E-state index contributed by atoms with van der Waals surface area (Å²) < 4.78 is 11.3. The summed E-state index contributed by atoms with van der Waals surface area (Å²) in [6, 6.07) is 6.38. The molecule has 2 heterocycles. The molecule has 1 aromatic rings. The normalized spacial score (nSPS) is 35.3. The maximum Gasteiger partial charge on any atom is 0.229 e. The Kier molecular flexibility index (Phi) is 2.23. The summed E-state index contributed by atoms with van der Waals surface area (Å²) in [5.41, 5.74) is 1.27. The summed E-state index contributed by atoms with van der Waals surface area (Å²) in [6.45, 7) is 2.13. The van der Waals surface area contributed by atoms with Crippen LogP contribution in [0, 0.1) is 11.3 Å². The van der Waals surface area contributed by atoms with E-state index in [4.69, 9.17) is 9.47 Å². The van der Waals surface area contributed by atoms with Gasteiger partial charge in [-0.3, -0.25) is 4.79 Å². The molecule has 21 heavy (non-hydrogen) atoms. The smallest absolute Gasteiger partial charge is 0.229 e. The van der Waals surface area contributed by atoms with Gasteiger partial charge in [-0.2, -0.15) is 0 Å². The monoisotopic (exact) mass is 285 g/mol. The van der Waals surface area contributed by atoms with E-state index in [2.05, 4.69) is 17.0 Å². The number of amides is 1. The SMILES string of the molecule is O=C(N1CCCC1c1ccc2c(c1)OCCO2)C12CC1C2. The third kappa shape index (κ3) is 1.65. The Balaban J connectivity index is 1.44. The zero-order valence-electron chi connectivity index (χ0n) is 12.0. The first kappa shape index (κ1) is 11.9. The first-order chi connectivity index (χ1) is 10.3. The molecule has 2 aliphatic heterocycles. The zero-order chi connectivity index (χ0) is 14.0. The predicted molar refractivity (Wildman–Crippen MR) is 76.3 cm³/mol. The first-order valence-corrected chi connectivity index (χ1v) is 7.98. The molecule has 0 radical (unpaired) electrons. The largest absolute Gasteiger partial charge is 0.486 e. The molecule has 1 unspecified atom stereocenters. The summed E-state index contributed by atoms with van der Waals surface area (Å²) in [5.74, 6) is 2.77. The molecule has 110 valence electrons. The molecule has 1 saturated heterocycles. The third-order valence-corrected chi connectivity index (χ3v) is 5.57. The minimum absolute atomic E-state index is 0.0798.